The molecular formula is C24H20ClN3OS. The number of halogens is 1. The fraction of sp³-hybridized carbons (Fsp3) is 0.0833. The molecule has 0 fully saturated rings. The quantitative estimate of drug-likeness (QED) is 0.344. The van der Waals surface area contributed by atoms with Gasteiger partial charge >= 0.3 is 0 Å². The summed E-state index contributed by atoms with van der Waals surface area (Å²) in [7, 11) is 0. The molecule has 4 rings (SSSR count). The van der Waals surface area contributed by atoms with Gasteiger partial charge in [-0.2, -0.15) is 0 Å². The van der Waals surface area contributed by atoms with Crippen LogP contribution in [-0.2, 0) is 4.79 Å². The van der Waals surface area contributed by atoms with Crippen LogP contribution in [0.5, 0.6) is 0 Å². The topological polar surface area (TPSA) is 57.8 Å². The number of rotatable bonds is 6. The van der Waals surface area contributed by atoms with Crippen LogP contribution in [0.3, 0.4) is 0 Å². The van der Waals surface area contributed by atoms with Crippen molar-refractivity contribution in [3.63, 3.8) is 0 Å². The molecule has 0 aliphatic rings. The normalized spacial score (nSPS) is 10.7. The molecular weight excluding hydrogens is 414 g/mol. The van der Waals surface area contributed by atoms with Crippen molar-refractivity contribution in [2.45, 2.75) is 12.1 Å². The predicted octanol–water partition coefficient (Wildman–Crippen LogP) is 6.44. The van der Waals surface area contributed by atoms with Gasteiger partial charge in [-0.15, -0.1) is 0 Å². The molecule has 0 unspecified atom stereocenters. The molecule has 1 aromatic heterocycles. The van der Waals surface area contributed by atoms with E-state index in [9.17, 15) is 4.79 Å². The maximum absolute atomic E-state index is 12.5. The fourth-order valence-corrected chi connectivity index (χ4v) is 3.95. The van der Waals surface area contributed by atoms with E-state index in [-0.39, 0.29) is 11.7 Å². The average Bonchev–Trinajstić information content (AvgIpc) is 3.21. The molecule has 0 aliphatic heterocycles. The molecule has 1 heterocycles. The second-order valence-corrected chi connectivity index (χ2v) is 8.12. The molecule has 0 atom stereocenters. The lowest BCUT2D eigenvalue weighted by Gasteiger charge is -2.08. The van der Waals surface area contributed by atoms with Gasteiger partial charge in [0, 0.05) is 21.8 Å². The van der Waals surface area contributed by atoms with E-state index < -0.39 is 0 Å². The number of carbonyl (C=O) groups excluding carboxylic acids is 1. The minimum Gasteiger partial charge on any atom is -0.332 e. The van der Waals surface area contributed by atoms with Gasteiger partial charge in [-0.3, -0.25) is 4.79 Å². The van der Waals surface area contributed by atoms with Crippen LogP contribution in [0.15, 0.2) is 84.0 Å². The van der Waals surface area contributed by atoms with Crippen molar-refractivity contribution in [1.29, 1.82) is 0 Å². The molecule has 4 nitrogen and oxygen atoms in total. The summed E-state index contributed by atoms with van der Waals surface area (Å²) in [5, 5.41) is 4.25. The molecule has 0 aliphatic carbocycles. The van der Waals surface area contributed by atoms with E-state index in [1.54, 1.807) is 6.07 Å². The van der Waals surface area contributed by atoms with E-state index >= 15 is 0 Å². The standard InChI is InChI=1S/C24H20ClN3OS/c1-16-19(25)13-8-14-20(16)26-21(29)15-30-24-27-22(17-9-4-2-5-10-17)23(28-24)18-11-6-3-7-12-18/h2-14H,15H2,1H3,(H,26,29)(H,27,28). The molecule has 0 saturated carbocycles. The molecule has 0 bridgehead atoms. The van der Waals surface area contributed by atoms with Crippen LogP contribution in [0.4, 0.5) is 5.69 Å². The molecule has 2 N–H and O–H groups in total. The highest BCUT2D eigenvalue weighted by atomic mass is 35.5. The van der Waals surface area contributed by atoms with Crippen LogP contribution < -0.4 is 5.32 Å². The van der Waals surface area contributed by atoms with Crippen molar-refractivity contribution in [2.75, 3.05) is 11.1 Å². The number of anilines is 1. The van der Waals surface area contributed by atoms with E-state index in [1.165, 1.54) is 11.8 Å². The number of carbonyl (C=O) groups is 1. The maximum Gasteiger partial charge on any atom is 0.234 e. The summed E-state index contributed by atoms with van der Waals surface area (Å²) in [6.07, 6.45) is 0. The fourth-order valence-electron chi connectivity index (χ4n) is 3.10. The number of thioether (sulfide) groups is 1. The van der Waals surface area contributed by atoms with E-state index in [2.05, 4.69) is 10.3 Å². The first-order chi connectivity index (χ1) is 14.6. The first-order valence-electron chi connectivity index (χ1n) is 9.50. The number of nitrogens with zero attached hydrogens (tertiary/aromatic N) is 1. The van der Waals surface area contributed by atoms with Crippen LogP contribution in [0, 0.1) is 6.92 Å². The van der Waals surface area contributed by atoms with Gasteiger partial charge in [0.2, 0.25) is 5.91 Å². The Bertz CT molecular complexity index is 1100. The minimum atomic E-state index is -0.107. The van der Waals surface area contributed by atoms with Gasteiger partial charge in [-0.05, 0) is 24.6 Å². The zero-order chi connectivity index (χ0) is 20.9. The number of amides is 1. The van der Waals surface area contributed by atoms with Gasteiger partial charge in [0.25, 0.3) is 0 Å². The Kier molecular flexibility index (Phi) is 6.21. The molecule has 30 heavy (non-hydrogen) atoms. The van der Waals surface area contributed by atoms with Crippen LogP contribution in [-0.4, -0.2) is 21.6 Å². The van der Waals surface area contributed by atoms with Crippen molar-refractivity contribution in [1.82, 2.24) is 9.97 Å². The van der Waals surface area contributed by atoms with Crippen molar-refractivity contribution in [3.05, 3.63) is 89.4 Å². The average molecular weight is 434 g/mol. The van der Waals surface area contributed by atoms with E-state index in [0.29, 0.717) is 10.2 Å². The second kappa shape index (κ2) is 9.20. The largest absolute Gasteiger partial charge is 0.332 e. The molecule has 150 valence electrons. The van der Waals surface area contributed by atoms with Gasteiger partial charge in [0.05, 0.1) is 17.1 Å². The summed E-state index contributed by atoms with van der Waals surface area (Å²) in [5.41, 5.74) is 5.47. The van der Waals surface area contributed by atoms with Crippen LogP contribution >= 0.6 is 23.4 Å². The number of H-pyrrole nitrogens is 1. The van der Waals surface area contributed by atoms with Crippen molar-refractivity contribution in [3.8, 4) is 22.5 Å². The summed E-state index contributed by atoms with van der Waals surface area (Å²) in [6.45, 7) is 1.88. The van der Waals surface area contributed by atoms with Gasteiger partial charge in [0.15, 0.2) is 5.16 Å². The number of benzene rings is 3. The predicted molar refractivity (Wildman–Crippen MR) is 125 cm³/mol. The molecule has 3 aromatic carbocycles. The van der Waals surface area contributed by atoms with Gasteiger partial charge in [-0.25, -0.2) is 4.98 Å². The van der Waals surface area contributed by atoms with Gasteiger partial charge in [-0.1, -0.05) is 90.1 Å². The molecule has 1 amide bonds. The molecule has 6 heteroatoms. The molecule has 4 aromatic rings. The summed E-state index contributed by atoms with van der Waals surface area (Å²) < 4.78 is 0. The Hall–Kier alpha value is -3.02. The number of aromatic nitrogens is 2. The van der Waals surface area contributed by atoms with E-state index in [1.807, 2.05) is 79.7 Å². The number of imidazole rings is 1. The summed E-state index contributed by atoms with van der Waals surface area (Å²) in [6, 6.07) is 25.6. The Labute approximate surface area is 184 Å². The van der Waals surface area contributed by atoms with Crippen LogP contribution in [0.25, 0.3) is 22.5 Å². The van der Waals surface area contributed by atoms with E-state index in [0.717, 1.165) is 33.8 Å². The maximum atomic E-state index is 12.5. The number of hydrogen-bond acceptors (Lipinski definition) is 3. The lowest BCUT2D eigenvalue weighted by atomic mass is 10.1. The third-order valence-corrected chi connectivity index (χ3v) is 5.96. The summed E-state index contributed by atoms with van der Waals surface area (Å²) >= 11 is 7.51. The Morgan fingerprint density at radius 1 is 0.967 bits per heavy atom. The van der Waals surface area contributed by atoms with Gasteiger partial charge in [0.1, 0.15) is 0 Å². The monoisotopic (exact) mass is 433 g/mol. The van der Waals surface area contributed by atoms with Crippen LogP contribution in [0.2, 0.25) is 5.02 Å². The van der Waals surface area contributed by atoms with Crippen molar-refractivity contribution < 1.29 is 4.79 Å². The Morgan fingerprint density at radius 3 is 2.33 bits per heavy atom. The van der Waals surface area contributed by atoms with Crippen molar-refractivity contribution in [2.24, 2.45) is 0 Å². The Morgan fingerprint density at radius 2 is 1.63 bits per heavy atom. The first kappa shape index (κ1) is 20.3. The minimum absolute atomic E-state index is 0.107. The number of hydrogen-bond donors (Lipinski definition) is 2. The molecule has 0 spiro atoms. The highest BCUT2D eigenvalue weighted by Crippen LogP contribution is 2.32. The SMILES string of the molecule is Cc1c(Cl)cccc1NC(=O)CSc1nc(-c2ccccc2)c(-c2ccccc2)[nH]1. The lowest BCUT2D eigenvalue weighted by Crippen LogP contribution is -2.15. The highest BCUT2D eigenvalue weighted by Gasteiger charge is 2.15. The lowest BCUT2D eigenvalue weighted by molar-refractivity contribution is -0.113. The smallest absolute Gasteiger partial charge is 0.234 e. The third-order valence-electron chi connectivity index (χ3n) is 4.67. The zero-order valence-corrected chi connectivity index (χ0v) is 17.9. The number of nitrogens with one attached hydrogen (secondary N) is 2. The summed E-state index contributed by atoms with van der Waals surface area (Å²) in [4.78, 5) is 20.6. The Balaban J connectivity index is 1.54. The van der Waals surface area contributed by atoms with Crippen molar-refractivity contribution >= 4 is 35.0 Å². The number of aromatic amines is 1. The highest BCUT2D eigenvalue weighted by molar-refractivity contribution is 7.99. The molecule has 0 radical (unpaired) electrons. The van der Waals surface area contributed by atoms with Gasteiger partial charge < -0.3 is 10.3 Å². The first-order valence-corrected chi connectivity index (χ1v) is 10.9. The zero-order valence-electron chi connectivity index (χ0n) is 16.4. The second-order valence-electron chi connectivity index (χ2n) is 6.75. The van der Waals surface area contributed by atoms with E-state index in [4.69, 9.17) is 16.6 Å². The molecule has 0 saturated heterocycles. The summed E-state index contributed by atoms with van der Waals surface area (Å²) in [5.74, 6) is 0.131. The van der Waals surface area contributed by atoms with Crippen LogP contribution in [0.1, 0.15) is 5.56 Å². The third kappa shape index (κ3) is 4.58.